The van der Waals surface area contributed by atoms with E-state index in [2.05, 4.69) is 52.4 Å². The number of benzene rings is 1. The van der Waals surface area contributed by atoms with Gasteiger partial charge < -0.3 is 5.32 Å². The van der Waals surface area contributed by atoms with Gasteiger partial charge in [0.25, 0.3) is 0 Å². The monoisotopic (exact) mass is 295 g/mol. The topological polar surface area (TPSA) is 12.0 Å². The van der Waals surface area contributed by atoms with Crippen molar-refractivity contribution in [3.8, 4) is 0 Å². The molecule has 1 N–H and O–H groups in total. The first kappa shape index (κ1) is 13.1. The molecule has 0 saturated heterocycles. The van der Waals surface area contributed by atoms with E-state index in [0.29, 0.717) is 5.41 Å². The summed E-state index contributed by atoms with van der Waals surface area (Å²) in [5, 5.41) is 3.62. The Bertz CT molecular complexity index is 356. The molecule has 1 aromatic carbocycles. The molecule has 2 heteroatoms. The van der Waals surface area contributed by atoms with Gasteiger partial charge in [-0.15, -0.1) is 0 Å². The molecule has 1 aliphatic rings. The van der Waals surface area contributed by atoms with Crippen LogP contribution in [0.15, 0.2) is 28.7 Å². The molecule has 0 spiro atoms. The lowest BCUT2D eigenvalue weighted by molar-refractivity contribution is 0.404. The molecule has 1 fully saturated rings. The predicted octanol–water partition coefficient (Wildman–Crippen LogP) is 4.26. The van der Waals surface area contributed by atoms with Gasteiger partial charge in [-0.3, -0.25) is 0 Å². The van der Waals surface area contributed by atoms with E-state index in [-0.39, 0.29) is 0 Å². The van der Waals surface area contributed by atoms with Crippen LogP contribution in [0, 0.1) is 0 Å². The second kappa shape index (κ2) is 6.01. The summed E-state index contributed by atoms with van der Waals surface area (Å²) in [6.45, 7) is 4.49. The maximum absolute atomic E-state index is 3.72. The van der Waals surface area contributed by atoms with E-state index in [0.717, 1.165) is 13.1 Å². The summed E-state index contributed by atoms with van der Waals surface area (Å²) in [7, 11) is 0. The summed E-state index contributed by atoms with van der Waals surface area (Å²) in [4.78, 5) is 0. The van der Waals surface area contributed by atoms with Crippen molar-refractivity contribution in [2.45, 2.75) is 44.4 Å². The molecule has 1 aliphatic carbocycles. The Morgan fingerprint density at radius 2 is 1.94 bits per heavy atom. The van der Waals surface area contributed by atoms with Gasteiger partial charge in [0.1, 0.15) is 0 Å². The van der Waals surface area contributed by atoms with E-state index in [1.54, 1.807) is 0 Å². The van der Waals surface area contributed by atoms with E-state index >= 15 is 0 Å². The number of rotatable bonds is 5. The maximum Gasteiger partial charge on any atom is 0.0213 e. The summed E-state index contributed by atoms with van der Waals surface area (Å²) in [6.07, 6.45) is 6.61. The third kappa shape index (κ3) is 2.92. The Labute approximate surface area is 113 Å². The highest BCUT2D eigenvalue weighted by Gasteiger charge is 2.36. The highest BCUT2D eigenvalue weighted by atomic mass is 79.9. The van der Waals surface area contributed by atoms with Gasteiger partial charge in [-0.05, 0) is 37.4 Å². The normalized spacial score (nSPS) is 18.5. The van der Waals surface area contributed by atoms with Gasteiger partial charge in [0.2, 0.25) is 0 Å². The van der Waals surface area contributed by atoms with E-state index in [1.807, 2.05) is 0 Å². The zero-order chi connectivity index (χ0) is 12.1. The highest BCUT2D eigenvalue weighted by Crippen LogP contribution is 2.43. The zero-order valence-electron chi connectivity index (χ0n) is 10.6. The second-order valence-corrected chi connectivity index (χ2v) is 6.00. The maximum atomic E-state index is 3.72. The molecule has 0 radical (unpaired) electrons. The average molecular weight is 296 g/mol. The quantitative estimate of drug-likeness (QED) is 0.801. The standard InChI is InChI=1S/C15H22BrN/c1-2-11-17-12-15(9-5-6-10-15)13-7-3-4-8-14(13)16/h3-4,7-8,17H,2,5-6,9-12H2,1H3. The van der Waals surface area contributed by atoms with Crippen molar-refractivity contribution in [1.82, 2.24) is 5.32 Å². The Kier molecular flexibility index (Phi) is 4.63. The van der Waals surface area contributed by atoms with Crippen LogP contribution >= 0.6 is 15.9 Å². The van der Waals surface area contributed by atoms with E-state index < -0.39 is 0 Å². The molecule has 1 saturated carbocycles. The molecule has 1 nitrogen and oxygen atoms in total. The molecule has 0 atom stereocenters. The minimum absolute atomic E-state index is 0.370. The zero-order valence-corrected chi connectivity index (χ0v) is 12.2. The molecule has 17 heavy (non-hydrogen) atoms. The number of hydrogen-bond donors (Lipinski definition) is 1. The van der Waals surface area contributed by atoms with Crippen LogP contribution in [0.5, 0.6) is 0 Å². The van der Waals surface area contributed by atoms with Crippen LogP contribution in [-0.2, 0) is 5.41 Å². The Morgan fingerprint density at radius 3 is 2.59 bits per heavy atom. The highest BCUT2D eigenvalue weighted by molar-refractivity contribution is 9.10. The number of hydrogen-bond acceptors (Lipinski definition) is 1. The van der Waals surface area contributed by atoms with Crippen LogP contribution in [0.25, 0.3) is 0 Å². The summed E-state index contributed by atoms with van der Waals surface area (Å²) >= 11 is 3.72. The number of halogens is 1. The molecular weight excluding hydrogens is 274 g/mol. The van der Waals surface area contributed by atoms with Crippen molar-refractivity contribution < 1.29 is 0 Å². The molecule has 1 aromatic rings. The fourth-order valence-electron chi connectivity index (χ4n) is 2.99. The predicted molar refractivity (Wildman–Crippen MR) is 77.4 cm³/mol. The van der Waals surface area contributed by atoms with Gasteiger partial charge in [0.15, 0.2) is 0 Å². The summed E-state index contributed by atoms with van der Waals surface area (Å²) in [6, 6.07) is 8.74. The van der Waals surface area contributed by atoms with Crippen LogP contribution in [-0.4, -0.2) is 13.1 Å². The van der Waals surface area contributed by atoms with Crippen LogP contribution < -0.4 is 5.32 Å². The molecule has 0 heterocycles. The first-order valence-electron chi connectivity index (χ1n) is 6.74. The van der Waals surface area contributed by atoms with Crippen molar-refractivity contribution in [3.05, 3.63) is 34.3 Å². The second-order valence-electron chi connectivity index (χ2n) is 5.14. The Balaban J connectivity index is 2.19. The molecule has 0 amide bonds. The van der Waals surface area contributed by atoms with Crippen molar-refractivity contribution in [2.24, 2.45) is 0 Å². The molecular formula is C15H22BrN. The smallest absolute Gasteiger partial charge is 0.0213 e. The van der Waals surface area contributed by atoms with E-state index in [9.17, 15) is 0 Å². The number of nitrogens with one attached hydrogen (secondary N) is 1. The molecule has 0 unspecified atom stereocenters. The van der Waals surface area contributed by atoms with Gasteiger partial charge in [0.05, 0.1) is 0 Å². The van der Waals surface area contributed by atoms with Gasteiger partial charge in [-0.2, -0.15) is 0 Å². The fraction of sp³-hybridized carbons (Fsp3) is 0.600. The van der Waals surface area contributed by atoms with Gasteiger partial charge in [-0.25, -0.2) is 0 Å². The lowest BCUT2D eigenvalue weighted by Gasteiger charge is -2.31. The molecule has 94 valence electrons. The summed E-state index contributed by atoms with van der Waals surface area (Å²) < 4.78 is 1.28. The van der Waals surface area contributed by atoms with Gasteiger partial charge >= 0.3 is 0 Å². The average Bonchev–Trinajstić information content (AvgIpc) is 2.80. The third-order valence-corrected chi connectivity index (χ3v) is 4.59. The summed E-state index contributed by atoms with van der Waals surface area (Å²) in [5.74, 6) is 0. The van der Waals surface area contributed by atoms with Crippen LogP contribution in [0.3, 0.4) is 0 Å². The molecule has 2 rings (SSSR count). The van der Waals surface area contributed by atoms with Crippen molar-refractivity contribution in [1.29, 1.82) is 0 Å². The first-order chi connectivity index (χ1) is 8.28. The summed E-state index contributed by atoms with van der Waals surface area (Å²) in [5.41, 5.74) is 1.87. The first-order valence-corrected chi connectivity index (χ1v) is 7.53. The van der Waals surface area contributed by atoms with Crippen LogP contribution in [0.1, 0.15) is 44.6 Å². The van der Waals surface area contributed by atoms with Crippen molar-refractivity contribution >= 4 is 15.9 Å². The Hall–Kier alpha value is -0.340. The van der Waals surface area contributed by atoms with Crippen molar-refractivity contribution in [3.63, 3.8) is 0 Å². The molecule has 0 aliphatic heterocycles. The SMILES string of the molecule is CCCNCC1(c2ccccc2Br)CCCC1. The molecule has 0 aromatic heterocycles. The minimum Gasteiger partial charge on any atom is -0.316 e. The van der Waals surface area contributed by atoms with Gasteiger partial charge in [-0.1, -0.05) is 53.9 Å². The lowest BCUT2D eigenvalue weighted by atomic mass is 9.79. The van der Waals surface area contributed by atoms with E-state index in [4.69, 9.17) is 0 Å². The molecule has 0 bridgehead atoms. The minimum atomic E-state index is 0.370. The fourth-order valence-corrected chi connectivity index (χ4v) is 3.69. The largest absolute Gasteiger partial charge is 0.316 e. The Morgan fingerprint density at radius 1 is 1.24 bits per heavy atom. The van der Waals surface area contributed by atoms with E-state index in [1.165, 1.54) is 42.1 Å². The third-order valence-electron chi connectivity index (χ3n) is 3.90. The van der Waals surface area contributed by atoms with Crippen LogP contribution in [0.2, 0.25) is 0 Å². The van der Waals surface area contributed by atoms with Crippen LogP contribution in [0.4, 0.5) is 0 Å². The van der Waals surface area contributed by atoms with Gasteiger partial charge in [0, 0.05) is 16.4 Å². The lowest BCUT2D eigenvalue weighted by Crippen LogP contribution is -2.36. The van der Waals surface area contributed by atoms with Crippen molar-refractivity contribution in [2.75, 3.05) is 13.1 Å².